The molecule has 0 heterocycles. The first-order chi connectivity index (χ1) is 7.43. The molecule has 0 fully saturated rings. The molecule has 2 aliphatic carbocycles. The third-order valence-corrected chi connectivity index (χ3v) is 4.82. The second-order valence-electron chi connectivity index (χ2n) is 4.35. The summed E-state index contributed by atoms with van der Waals surface area (Å²) in [5, 5.41) is 2.70. The van der Waals surface area contributed by atoms with E-state index in [4.69, 9.17) is 0 Å². The molecule has 0 amide bonds. The van der Waals surface area contributed by atoms with E-state index in [-0.39, 0.29) is 21.7 Å². The van der Waals surface area contributed by atoms with Crippen LogP contribution in [0.2, 0.25) is 0 Å². The van der Waals surface area contributed by atoms with Crippen molar-refractivity contribution in [1.29, 1.82) is 0 Å². The van der Waals surface area contributed by atoms with Gasteiger partial charge in [-0.1, -0.05) is 27.7 Å². The quantitative estimate of drug-likeness (QED) is 0.349. The maximum absolute atomic E-state index is 3.24. The third-order valence-electron chi connectivity index (χ3n) is 2.97. The predicted octanol–water partition coefficient (Wildman–Crippen LogP) is 4.57. The summed E-state index contributed by atoms with van der Waals surface area (Å²) >= 11 is 0. The van der Waals surface area contributed by atoms with Crippen molar-refractivity contribution >= 4 is 18.5 Å². The first-order valence-corrected chi connectivity index (χ1v) is 6.65. The molecule has 0 nitrogen and oxygen atoms in total. The van der Waals surface area contributed by atoms with Crippen molar-refractivity contribution < 1.29 is 21.7 Å². The van der Waals surface area contributed by atoms with Crippen LogP contribution in [0, 0.1) is 12.2 Å². The standard InChI is InChI=1S/2C7H10P.Ti/c2*1-5-3-4-6(2)7(5)8;/h2*3,8H2,1-2H3;/q2*-1;+2. The van der Waals surface area contributed by atoms with Gasteiger partial charge in [0, 0.05) is 0 Å². The van der Waals surface area contributed by atoms with Crippen LogP contribution < -0.4 is 0 Å². The topological polar surface area (TPSA) is 0 Å². The number of allylic oxidation sites excluding steroid dienone is 8. The summed E-state index contributed by atoms with van der Waals surface area (Å²) in [6, 6.07) is 0. The third kappa shape index (κ3) is 4.96. The Kier molecular flexibility index (Phi) is 8.10. The molecular weight excluding hydrogens is 278 g/mol. The summed E-state index contributed by atoms with van der Waals surface area (Å²) in [7, 11) is 5.46. The molecule has 0 aromatic heterocycles. The van der Waals surface area contributed by atoms with Crippen LogP contribution in [0.15, 0.2) is 32.9 Å². The average molecular weight is 298 g/mol. The number of rotatable bonds is 0. The molecule has 3 heteroatoms. The maximum atomic E-state index is 3.24. The van der Waals surface area contributed by atoms with Gasteiger partial charge in [0.15, 0.2) is 0 Å². The summed E-state index contributed by atoms with van der Waals surface area (Å²) in [6.45, 7) is 8.48. The summed E-state index contributed by atoms with van der Waals surface area (Å²) in [6.07, 6.45) is 8.55. The van der Waals surface area contributed by atoms with Crippen molar-refractivity contribution in [2.75, 3.05) is 0 Å². The van der Waals surface area contributed by atoms with Crippen molar-refractivity contribution in [3.05, 3.63) is 45.1 Å². The molecule has 2 unspecified atom stereocenters. The van der Waals surface area contributed by atoms with Crippen LogP contribution in [0.25, 0.3) is 0 Å². The Hall–Kier alpha value is 0.534. The van der Waals surface area contributed by atoms with Gasteiger partial charge in [-0.3, -0.25) is 12.2 Å². The van der Waals surface area contributed by atoms with E-state index in [1.54, 1.807) is 0 Å². The monoisotopic (exact) mass is 298 g/mol. The van der Waals surface area contributed by atoms with Gasteiger partial charge in [0.05, 0.1) is 0 Å². The molecule has 0 spiro atoms. The zero-order chi connectivity index (χ0) is 12.3. The van der Waals surface area contributed by atoms with Crippen molar-refractivity contribution in [3.63, 3.8) is 0 Å². The van der Waals surface area contributed by atoms with Crippen LogP contribution in [-0.2, 0) is 21.7 Å². The Balaban J connectivity index is 0.000000284. The van der Waals surface area contributed by atoms with Crippen LogP contribution in [0.4, 0.5) is 0 Å². The molecule has 17 heavy (non-hydrogen) atoms. The Bertz CT molecular complexity index is 361. The molecule has 0 saturated carbocycles. The average Bonchev–Trinajstić information content (AvgIpc) is 2.70. The fourth-order valence-corrected chi connectivity index (χ4v) is 1.96. The molecule has 0 radical (unpaired) electrons. The summed E-state index contributed by atoms with van der Waals surface area (Å²) in [5.41, 5.74) is 5.47. The molecule has 0 saturated heterocycles. The summed E-state index contributed by atoms with van der Waals surface area (Å²) < 4.78 is 0. The van der Waals surface area contributed by atoms with Gasteiger partial charge in [-0.25, -0.2) is 11.1 Å². The maximum Gasteiger partial charge on any atom is 2.00 e. The predicted molar refractivity (Wildman–Crippen MR) is 78.9 cm³/mol. The van der Waals surface area contributed by atoms with E-state index in [0.717, 1.165) is 12.8 Å². The van der Waals surface area contributed by atoms with E-state index < -0.39 is 0 Å². The number of hydrogen-bond donors (Lipinski definition) is 0. The summed E-state index contributed by atoms with van der Waals surface area (Å²) in [4.78, 5) is 0. The Morgan fingerprint density at radius 1 is 0.765 bits per heavy atom. The molecule has 0 aromatic carbocycles. The van der Waals surface area contributed by atoms with Crippen LogP contribution >= 0.6 is 18.5 Å². The Labute approximate surface area is 125 Å². The SMILES string of the molecule is CC1=[C-]CC(C)=C1P.CC1=[C-]CC(C)=C1P.[Ti+2]. The van der Waals surface area contributed by atoms with Crippen LogP contribution in [0.3, 0.4) is 0 Å². The van der Waals surface area contributed by atoms with Crippen molar-refractivity contribution in [2.24, 2.45) is 0 Å². The molecule has 0 aliphatic heterocycles. The van der Waals surface area contributed by atoms with E-state index >= 15 is 0 Å². The fourth-order valence-electron chi connectivity index (χ4n) is 1.55. The largest absolute Gasteiger partial charge is 2.00 e. The van der Waals surface area contributed by atoms with E-state index in [0.29, 0.717) is 0 Å². The Morgan fingerprint density at radius 2 is 1.06 bits per heavy atom. The second kappa shape index (κ2) is 7.86. The molecule has 2 atom stereocenters. The van der Waals surface area contributed by atoms with Gasteiger partial charge < -0.3 is 0 Å². The number of hydrogen-bond acceptors (Lipinski definition) is 0. The first-order valence-electron chi connectivity index (χ1n) is 5.49. The van der Waals surface area contributed by atoms with E-state index in [1.807, 2.05) is 0 Å². The normalized spacial score (nSPS) is 18.5. The zero-order valence-corrected chi connectivity index (χ0v) is 14.9. The van der Waals surface area contributed by atoms with Crippen LogP contribution in [0.5, 0.6) is 0 Å². The molecule has 2 rings (SSSR count). The van der Waals surface area contributed by atoms with Gasteiger partial charge in [0.25, 0.3) is 0 Å². The molecule has 0 aromatic rings. The minimum absolute atomic E-state index is 0. The molecule has 2 aliphatic rings. The van der Waals surface area contributed by atoms with E-state index in [1.165, 1.54) is 32.9 Å². The van der Waals surface area contributed by atoms with Gasteiger partial charge >= 0.3 is 21.7 Å². The van der Waals surface area contributed by atoms with Gasteiger partial charge in [0.1, 0.15) is 0 Å². The van der Waals surface area contributed by atoms with E-state index in [9.17, 15) is 0 Å². The zero-order valence-electron chi connectivity index (χ0n) is 11.1. The van der Waals surface area contributed by atoms with Gasteiger partial charge in [-0.2, -0.15) is 40.3 Å². The van der Waals surface area contributed by atoms with Crippen LogP contribution in [0.1, 0.15) is 40.5 Å². The van der Waals surface area contributed by atoms with Gasteiger partial charge in [-0.05, 0) is 0 Å². The van der Waals surface area contributed by atoms with Crippen molar-refractivity contribution in [2.45, 2.75) is 40.5 Å². The molecule has 0 N–H and O–H groups in total. The van der Waals surface area contributed by atoms with Gasteiger partial charge in [0.2, 0.25) is 0 Å². The molecule has 90 valence electrons. The molecule has 0 bridgehead atoms. The minimum atomic E-state index is 0. The van der Waals surface area contributed by atoms with Crippen molar-refractivity contribution in [1.82, 2.24) is 0 Å². The Morgan fingerprint density at radius 3 is 1.12 bits per heavy atom. The van der Waals surface area contributed by atoms with Gasteiger partial charge in [-0.15, -0.1) is 12.8 Å². The smallest absolute Gasteiger partial charge is 0.269 e. The summed E-state index contributed by atoms with van der Waals surface area (Å²) in [5.74, 6) is 0. The van der Waals surface area contributed by atoms with E-state index in [2.05, 4.69) is 58.3 Å². The molecular formula is C14H20P2Ti. The minimum Gasteiger partial charge on any atom is -0.269 e. The van der Waals surface area contributed by atoms with Crippen molar-refractivity contribution in [3.8, 4) is 0 Å². The first kappa shape index (κ1) is 17.5. The van der Waals surface area contributed by atoms with Crippen LogP contribution in [-0.4, -0.2) is 0 Å². The second-order valence-corrected chi connectivity index (χ2v) is 5.50. The fraction of sp³-hybridized carbons (Fsp3) is 0.429.